The number of halogens is 1. The Morgan fingerprint density at radius 2 is 1.88 bits per heavy atom. The molecular formula is C20H27FN2O3. The van der Waals surface area contributed by atoms with Crippen molar-refractivity contribution in [1.82, 2.24) is 9.80 Å². The standard InChI is InChI=1S/C20H27FN2O3/c1-2-22(13-15-9-12-26-14-15)19(24)17-7-10-23(11-8-17)20(25)16-3-5-18(21)6-4-16/h3-6,15,17H,2,7-14H2,1H3. The van der Waals surface area contributed by atoms with Crippen molar-refractivity contribution in [2.45, 2.75) is 26.2 Å². The largest absolute Gasteiger partial charge is 0.381 e. The number of hydrogen-bond acceptors (Lipinski definition) is 3. The van der Waals surface area contributed by atoms with Crippen molar-refractivity contribution < 1.29 is 18.7 Å². The predicted octanol–water partition coefficient (Wildman–Crippen LogP) is 2.56. The van der Waals surface area contributed by atoms with Gasteiger partial charge in [0, 0.05) is 50.2 Å². The van der Waals surface area contributed by atoms with Gasteiger partial charge in [-0.05, 0) is 50.5 Å². The lowest BCUT2D eigenvalue weighted by molar-refractivity contribution is -0.137. The summed E-state index contributed by atoms with van der Waals surface area (Å²) in [5.74, 6) is 0.186. The number of ether oxygens (including phenoxy) is 1. The van der Waals surface area contributed by atoms with Gasteiger partial charge in [0.2, 0.25) is 5.91 Å². The molecule has 0 N–H and O–H groups in total. The lowest BCUT2D eigenvalue weighted by Crippen LogP contribution is -2.45. The Bertz CT molecular complexity index is 620. The minimum Gasteiger partial charge on any atom is -0.381 e. The van der Waals surface area contributed by atoms with Gasteiger partial charge in [0.05, 0.1) is 6.61 Å². The second-order valence-corrected chi connectivity index (χ2v) is 7.18. The maximum Gasteiger partial charge on any atom is 0.253 e. The van der Waals surface area contributed by atoms with E-state index in [1.807, 2.05) is 11.8 Å². The number of carbonyl (C=O) groups excluding carboxylic acids is 2. The molecule has 1 atom stereocenters. The maximum absolute atomic E-state index is 13.0. The fourth-order valence-electron chi connectivity index (χ4n) is 3.78. The molecule has 5 nitrogen and oxygen atoms in total. The van der Waals surface area contributed by atoms with Crippen LogP contribution in [0.25, 0.3) is 0 Å². The summed E-state index contributed by atoms with van der Waals surface area (Å²) in [6.07, 6.45) is 2.39. The Labute approximate surface area is 154 Å². The summed E-state index contributed by atoms with van der Waals surface area (Å²) in [4.78, 5) is 29.1. The highest BCUT2D eigenvalue weighted by molar-refractivity contribution is 5.94. The number of carbonyl (C=O) groups is 2. The lowest BCUT2D eigenvalue weighted by Gasteiger charge is -2.34. The first kappa shape index (κ1) is 18.8. The summed E-state index contributed by atoms with van der Waals surface area (Å²) >= 11 is 0. The molecule has 2 fully saturated rings. The Balaban J connectivity index is 1.52. The predicted molar refractivity (Wildman–Crippen MR) is 96.2 cm³/mol. The molecule has 0 saturated carbocycles. The molecule has 1 unspecified atom stereocenters. The Morgan fingerprint density at radius 1 is 1.19 bits per heavy atom. The highest BCUT2D eigenvalue weighted by Crippen LogP contribution is 2.23. The van der Waals surface area contributed by atoms with Crippen LogP contribution in [0.1, 0.15) is 36.5 Å². The van der Waals surface area contributed by atoms with E-state index in [4.69, 9.17) is 4.74 Å². The van der Waals surface area contributed by atoms with E-state index >= 15 is 0 Å². The number of rotatable bonds is 5. The average molecular weight is 362 g/mol. The van der Waals surface area contributed by atoms with Crippen LogP contribution in [0.4, 0.5) is 4.39 Å². The molecule has 6 heteroatoms. The van der Waals surface area contributed by atoms with E-state index in [-0.39, 0.29) is 23.5 Å². The number of amides is 2. The van der Waals surface area contributed by atoms with Crippen molar-refractivity contribution in [3.05, 3.63) is 35.6 Å². The van der Waals surface area contributed by atoms with Crippen LogP contribution >= 0.6 is 0 Å². The van der Waals surface area contributed by atoms with E-state index in [0.29, 0.717) is 44.0 Å². The van der Waals surface area contributed by atoms with Crippen LogP contribution in [0.3, 0.4) is 0 Å². The van der Waals surface area contributed by atoms with Gasteiger partial charge in [-0.2, -0.15) is 0 Å². The topological polar surface area (TPSA) is 49.9 Å². The minimum absolute atomic E-state index is 0.0189. The summed E-state index contributed by atoms with van der Waals surface area (Å²) in [5, 5.41) is 0. The molecule has 0 aromatic heterocycles. The molecule has 0 aliphatic carbocycles. The van der Waals surface area contributed by atoms with Crippen LogP contribution in [0.5, 0.6) is 0 Å². The average Bonchev–Trinajstić information content (AvgIpc) is 3.19. The van der Waals surface area contributed by atoms with Gasteiger partial charge in [0.1, 0.15) is 5.82 Å². The van der Waals surface area contributed by atoms with Gasteiger partial charge in [-0.25, -0.2) is 4.39 Å². The van der Waals surface area contributed by atoms with Crippen molar-refractivity contribution >= 4 is 11.8 Å². The van der Waals surface area contributed by atoms with Gasteiger partial charge in [0.25, 0.3) is 5.91 Å². The number of hydrogen-bond donors (Lipinski definition) is 0. The third-order valence-electron chi connectivity index (χ3n) is 5.42. The third kappa shape index (κ3) is 4.41. The molecule has 1 aromatic carbocycles. The zero-order valence-corrected chi connectivity index (χ0v) is 15.3. The zero-order valence-electron chi connectivity index (χ0n) is 15.3. The fourth-order valence-corrected chi connectivity index (χ4v) is 3.78. The molecule has 2 saturated heterocycles. The molecule has 142 valence electrons. The van der Waals surface area contributed by atoms with E-state index in [1.54, 1.807) is 4.90 Å². The molecule has 1 aromatic rings. The summed E-state index contributed by atoms with van der Waals surface area (Å²) in [6, 6.07) is 5.62. The number of nitrogens with zero attached hydrogens (tertiary/aromatic N) is 2. The molecule has 0 bridgehead atoms. The van der Waals surface area contributed by atoms with Crippen LogP contribution in [-0.4, -0.2) is 61.0 Å². The molecule has 2 aliphatic heterocycles. The lowest BCUT2D eigenvalue weighted by atomic mass is 9.94. The first-order valence-corrected chi connectivity index (χ1v) is 9.50. The van der Waals surface area contributed by atoms with E-state index in [0.717, 1.165) is 26.2 Å². The first-order chi connectivity index (χ1) is 12.6. The van der Waals surface area contributed by atoms with E-state index in [9.17, 15) is 14.0 Å². The van der Waals surface area contributed by atoms with Crippen LogP contribution in [0, 0.1) is 17.7 Å². The fraction of sp³-hybridized carbons (Fsp3) is 0.600. The van der Waals surface area contributed by atoms with Crippen LogP contribution < -0.4 is 0 Å². The molecule has 3 rings (SSSR count). The van der Waals surface area contributed by atoms with Gasteiger partial charge in [-0.15, -0.1) is 0 Å². The van der Waals surface area contributed by atoms with Crippen molar-refractivity contribution in [3.8, 4) is 0 Å². The zero-order chi connectivity index (χ0) is 18.5. The van der Waals surface area contributed by atoms with Gasteiger partial charge in [-0.1, -0.05) is 0 Å². The Morgan fingerprint density at radius 3 is 2.46 bits per heavy atom. The molecule has 26 heavy (non-hydrogen) atoms. The molecular weight excluding hydrogens is 335 g/mol. The highest BCUT2D eigenvalue weighted by Gasteiger charge is 2.31. The van der Waals surface area contributed by atoms with Crippen molar-refractivity contribution in [2.24, 2.45) is 11.8 Å². The number of likely N-dealkylation sites (tertiary alicyclic amines) is 1. The summed E-state index contributed by atoms with van der Waals surface area (Å²) in [7, 11) is 0. The number of piperidine rings is 1. The van der Waals surface area contributed by atoms with Gasteiger partial charge < -0.3 is 14.5 Å². The molecule has 0 spiro atoms. The van der Waals surface area contributed by atoms with Crippen molar-refractivity contribution in [2.75, 3.05) is 39.4 Å². The summed E-state index contributed by atoms with van der Waals surface area (Å²) in [5.41, 5.74) is 0.493. The van der Waals surface area contributed by atoms with Gasteiger partial charge in [0.15, 0.2) is 0 Å². The Hall–Kier alpha value is -1.95. The first-order valence-electron chi connectivity index (χ1n) is 9.50. The normalized spacial score (nSPS) is 21.0. The smallest absolute Gasteiger partial charge is 0.253 e. The second-order valence-electron chi connectivity index (χ2n) is 7.18. The second kappa shape index (κ2) is 8.62. The minimum atomic E-state index is -0.349. The van der Waals surface area contributed by atoms with Crippen molar-refractivity contribution in [1.29, 1.82) is 0 Å². The summed E-state index contributed by atoms with van der Waals surface area (Å²) in [6.45, 7) is 6.16. The quantitative estimate of drug-likeness (QED) is 0.809. The molecule has 2 aliphatic rings. The van der Waals surface area contributed by atoms with E-state index in [1.165, 1.54) is 24.3 Å². The Kier molecular flexibility index (Phi) is 6.25. The van der Waals surface area contributed by atoms with E-state index < -0.39 is 0 Å². The van der Waals surface area contributed by atoms with Gasteiger partial charge in [-0.3, -0.25) is 9.59 Å². The maximum atomic E-state index is 13.0. The van der Waals surface area contributed by atoms with Crippen molar-refractivity contribution in [3.63, 3.8) is 0 Å². The molecule has 2 amide bonds. The third-order valence-corrected chi connectivity index (χ3v) is 5.42. The molecule has 0 radical (unpaired) electrons. The van der Waals surface area contributed by atoms with E-state index in [2.05, 4.69) is 0 Å². The SMILES string of the molecule is CCN(CC1CCOC1)C(=O)C1CCN(C(=O)c2ccc(F)cc2)CC1. The van der Waals surface area contributed by atoms with Gasteiger partial charge >= 0.3 is 0 Å². The van der Waals surface area contributed by atoms with Crippen LogP contribution in [0.2, 0.25) is 0 Å². The highest BCUT2D eigenvalue weighted by atomic mass is 19.1. The monoisotopic (exact) mass is 362 g/mol. The van der Waals surface area contributed by atoms with Crippen LogP contribution in [0.15, 0.2) is 24.3 Å². The van der Waals surface area contributed by atoms with Crippen LogP contribution in [-0.2, 0) is 9.53 Å². The molecule has 2 heterocycles. The number of benzene rings is 1. The summed E-state index contributed by atoms with van der Waals surface area (Å²) < 4.78 is 18.4.